The normalized spacial score (nSPS) is 12.0. The Morgan fingerprint density at radius 3 is 2.67 bits per heavy atom. The third-order valence-electron chi connectivity index (χ3n) is 3.28. The molecule has 1 unspecified atom stereocenters. The van der Waals surface area contributed by atoms with Crippen molar-refractivity contribution < 1.29 is 9.90 Å². The van der Waals surface area contributed by atoms with Crippen molar-refractivity contribution >= 4 is 11.8 Å². The molecule has 1 aromatic rings. The van der Waals surface area contributed by atoms with Gasteiger partial charge in [-0.15, -0.1) is 0 Å². The fourth-order valence-corrected chi connectivity index (χ4v) is 2.50. The van der Waals surface area contributed by atoms with Crippen LogP contribution in [0.4, 0.5) is 5.82 Å². The average Bonchev–Trinajstić information content (AvgIpc) is 2.34. The van der Waals surface area contributed by atoms with E-state index in [1.807, 2.05) is 19.9 Å². The first-order chi connectivity index (χ1) is 9.83. The van der Waals surface area contributed by atoms with Crippen molar-refractivity contribution in [1.29, 1.82) is 5.26 Å². The molecule has 0 amide bonds. The maximum Gasteiger partial charge on any atom is 0.303 e. The van der Waals surface area contributed by atoms with E-state index in [2.05, 4.69) is 30.2 Å². The van der Waals surface area contributed by atoms with E-state index in [0.717, 1.165) is 17.7 Å². The zero-order valence-electron chi connectivity index (χ0n) is 13.1. The highest BCUT2D eigenvalue weighted by molar-refractivity contribution is 5.67. The van der Waals surface area contributed by atoms with Gasteiger partial charge < -0.3 is 10.4 Å². The summed E-state index contributed by atoms with van der Waals surface area (Å²) < 4.78 is 0. The second-order valence-electron chi connectivity index (χ2n) is 5.89. The lowest BCUT2D eigenvalue weighted by atomic mass is 9.94. The number of aromatic nitrogens is 1. The lowest BCUT2D eigenvalue weighted by molar-refractivity contribution is -0.138. The summed E-state index contributed by atoms with van der Waals surface area (Å²) in [5, 5.41) is 21.4. The Morgan fingerprint density at radius 1 is 1.48 bits per heavy atom. The molecule has 0 aromatic carbocycles. The van der Waals surface area contributed by atoms with Gasteiger partial charge in [-0.25, -0.2) is 4.98 Å². The van der Waals surface area contributed by atoms with Crippen molar-refractivity contribution in [3.63, 3.8) is 0 Å². The van der Waals surface area contributed by atoms with Crippen molar-refractivity contribution in [3.05, 3.63) is 22.9 Å². The first kappa shape index (κ1) is 17.0. The lowest BCUT2D eigenvalue weighted by Crippen LogP contribution is -2.21. The smallest absolute Gasteiger partial charge is 0.303 e. The fraction of sp³-hybridized carbons (Fsp3) is 0.562. The Bertz CT molecular complexity index is 547. The number of aliphatic carboxylic acids is 1. The predicted octanol–water partition coefficient (Wildman–Crippen LogP) is 3.12. The number of hydrogen-bond acceptors (Lipinski definition) is 4. The molecule has 0 aliphatic rings. The SMILES string of the molecule is Cc1cc(C)c(C#N)c(NCC(CC(=O)O)CC(C)C)n1. The number of anilines is 1. The first-order valence-electron chi connectivity index (χ1n) is 7.17. The van der Waals surface area contributed by atoms with Gasteiger partial charge in [-0.3, -0.25) is 4.79 Å². The van der Waals surface area contributed by atoms with Crippen LogP contribution in [0.2, 0.25) is 0 Å². The molecule has 0 radical (unpaired) electrons. The Kier molecular flexibility index (Phi) is 6.16. The highest BCUT2D eigenvalue weighted by Crippen LogP contribution is 2.20. The molecule has 1 rings (SSSR count). The molecule has 0 aliphatic heterocycles. The minimum Gasteiger partial charge on any atom is -0.481 e. The van der Waals surface area contributed by atoms with Crippen LogP contribution in [0.3, 0.4) is 0 Å². The third kappa shape index (κ3) is 5.42. The standard InChI is InChI=1S/C16H23N3O2/c1-10(2)5-13(7-15(20)21)9-18-16-14(8-17)11(3)6-12(4)19-16/h6,10,13H,5,7,9H2,1-4H3,(H,18,19)(H,20,21). The zero-order chi connectivity index (χ0) is 16.0. The van der Waals surface area contributed by atoms with Crippen molar-refractivity contribution in [2.24, 2.45) is 11.8 Å². The molecule has 0 aliphatic carbocycles. The molecule has 1 heterocycles. The van der Waals surface area contributed by atoms with Gasteiger partial charge in [-0.2, -0.15) is 5.26 Å². The van der Waals surface area contributed by atoms with Crippen molar-refractivity contribution in [3.8, 4) is 6.07 Å². The Balaban J connectivity index is 2.84. The van der Waals surface area contributed by atoms with Gasteiger partial charge >= 0.3 is 5.97 Å². The number of nitrogens with zero attached hydrogens (tertiary/aromatic N) is 2. The van der Waals surface area contributed by atoms with Gasteiger partial charge in [0.15, 0.2) is 0 Å². The molecule has 0 saturated carbocycles. The zero-order valence-corrected chi connectivity index (χ0v) is 13.1. The molecule has 21 heavy (non-hydrogen) atoms. The van der Waals surface area contributed by atoms with Crippen molar-refractivity contribution in [2.45, 2.75) is 40.5 Å². The quantitative estimate of drug-likeness (QED) is 0.805. The van der Waals surface area contributed by atoms with Crippen LogP contribution in [-0.2, 0) is 4.79 Å². The molecule has 1 atom stereocenters. The first-order valence-corrected chi connectivity index (χ1v) is 7.17. The van der Waals surface area contributed by atoms with Crippen LogP contribution in [0.15, 0.2) is 6.07 Å². The van der Waals surface area contributed by atoms with Gasteiger partial charge in [0.05, 0.1) is 5.56 Å². The number of hydrogen-bond donors (Lipinski definition) is 2. The second-order valence-corrected chi connectivity index (χ2v) is 5.89. The summed E-state index contributed by atoms with van der Waals surface area (Å²) in [6, 6.07) is 4.02. The highest BCUT2D eigenvalue weighted by atomic mass is 16.4. The van der Waals surface area contributed by atoms with E-state index >= 15 is 0 Å². The molecule has 5 nitrogen and oxygen atoms in total. The molecule has 2 N–H and O–H groups in total. The molecular formula is C16H23N3O2. The number of nitrogens with one attached hydrogen (secondary N) is 1. The molecule has 0 bridgehead atoms. The Morgan fingerprint density at radius 2 is 2.14 bits per heavy atom. The maximum absolute atomic E-state index is 10.9. The number of pyridine rings is 1. The van der Waals surface area contributed by atoms with Gasteiger partial charge in [0.1, 0.15) is 11.9 Å². The van der Waals surface area contributed by atoms with Crippen molar-refractivity contribution in [1.82, 2.24) is 4.98 Å². The highest BCUT2D eigenvalue weighted by Gasteiger charge is 2.16. The summed E-state index contributed by atoms with van der Waals surface area (Å²) in [7, 11) is 0. The van der Waals surface area contributed by atoms with Crippen molar-refractivity contribution in [2.75, 3.05) is 11.9 Å². The van der Waals surface area contributed by atoms with E-state index in [4.69, 9.17) is 5.11 Å². The van der Waals surface area contributed by atoms with E-state index in [1.54, 1.807) is 0 Å². The van der Waals surface area contributed by atoms with E-state index < -0.39 is 5.97 Å². The van der Waals surface area contributed by atoms with Crippen LogP contribution < -0.4 is 5.32 Å². The topological polar surface area (TPSA) is 86.0 Å². The van der Waals surface area contributed by atoms with Gasteiger partial charge in [0, 0.05) is 18.7 Å². The minimum absolute atomic E-state index is 0.0247. The van der Waals surface area contributed by atoms with E-state index in [1.165, 1.54) is 0 Å². The summed E-state index contributed by atoms with van der Waals surface area (Å²) in [6.07, 6.45) is 0.948. The number of nitriles is 1. The summed E-state index contributed by atoms with van der Waals surface area (Å²) >= 11 is 0. The summed E-state index contributed by atoms with van der Waals surface area (Å²) in [5.41, 5.74) is 2.25. The molecule has 0 fully saturated rings. The van der Waals surface area contributed by atoms with Crippen LogP contribution in [0, 0.1) is 37.0 Å². The number of rotatable bonds is 7. The van der Waals surface area contributed by atoms with Crippen LogP contribution >= 0.6 is 0 Å². The van der Waals surface area contributed by atoms with Crippen LogP contribution in [0.1, 0.15) is 43.5 Å². The number of carbonyl (C=O) groups is 1. The molecule has 0 spiro atoms. The third-order valence-corrected chi connectivity index (χ3v) is 3.28. The average molecular weight is 289 g/mol. The maximum atomic E-state index is 10.9. The Hall–Kier alpha value is -2.09. The van der Waals surface area contributed by atoms with E-state index in [0.29, 0.717) is 23.8 Å². The number of carboxylic acid groups (broad SMARTS) is 1. The largest absolute Gasteiger partial charge is 0.481 e. The summed E-state index contributed by atoms with van der Waals surface area (Å²) in [5.74, 6) is 0.209. The van der Waals surface area contributed by atoms with Crippen LogP contribution in [-0.4, -0.2) is 22.6 Å². The number of aryl methyl sites for hydroxylation is 2. The van der Waals surface area contributed by atoms with Gasteiger partial charge in [0.2, 0.25) is 0 Å². The summed E-state index contributed by atoms with van der Waals surface area (Å²) in [6.45, 7) is 8.41. The molecule has 114 valence electrons. The molecule has 5 heteroatoms. The molecular weight excluding hydrogens is 266 g/mol. The Labute approximate surface area is 126 Å². The van der Waals surface area contributed by atoms with Crippen LogP contribution in [0.25, 0.3) is 0 Å². The monoisotopic (exact) mass is 289 g/mol. The fourth-order valence-electron chi connectivity index (χ4n) is 2.50. The second kappa shape index (κ2) is 7.63. The van der Waals surface area contributed by atoms with Crippen LogP contribution in [0.5, 0.6) is 0 Å². The lowest BCUT2D eigenvalue weighted by Gasteiger charge is -2.19. The van der Waals surface area contributed by atoms with Gasteiger partial charge in [-0.1, -0.05) is 13.8 Å². The van der Waals surface area contributed by atoms with E-state index in [9.17, 15) is 10.1 Å². The number of carboxylic acids is 1. The summed E-state index contributed by atoms with van der Waals surface area (Å²) in [4.78, 5) is 15.3. The van der Waals surface area contributed by atoms with Gasteiger partial charge in [-0.05, 0) is 43.7 Å². The molecule has 1 aromatic heterocycles. The molecule has 0 saturated heterocycles. The predicted molar refractivity (Wildman–Crippen MR) is 82.1 cm³/mol. The van der Waals surface area contributed by atoms with E-state index in [-0.39, 0.29) is 12.3 Å². The van der Waals surface area contributed by atoms with Gasteiger partial charge in [0.25, 0.3) is 0 Å². The minimum atomic E-state index is -0.795.